The fourth-order valence-electron chi connectivity index (χ4n) is 2.04. The monoisotopic (exact) mass is 258 g/mol. The third kappa shape index (κ3) is 4.14. The van der Waals surface area contributed by atoms with Crippen molar-refractivity contribution in [2.24, 2.45) is 0 Å². The van der Waals surface area contributed by atoms with E-state index in [0.29, 0.717) is 5.92 Å². The molecule has 3 nitrogen and oxygen atoms in total. The Balaban J connectivity index is 1.86. The predicted molar refractivity (Wildman–Crippen MR) is 79.9 cm³/mol. The zero-order valence-electron chi connectivity index (χ0n) is 11.7. The summed E-state index contributed by atoms with van der Waals surface area (Å²) in [6, 6.07) is 8.10. The van der Waals surface area contributed by atoms with Crippen LogP contribution < -0.4 is 5.73 Å². The van der Waals surface area contributed by atoms with E-state index in [1.54, 1.807) is 0 Å². The van der Waals surface area contributed by atoms with Crippen LogP contribution in [0.4, 0.5) is 5.69 Å². The van der Waals surface area contributed by atoms with Gasteiger partial charge in [-0.1, -0.05) is 18.2 Å². The highest BCUT2D eigenvalue weighted by Gasteiger charge is 2.11. The molecule has 0 bridgehead atoms. The normalized spacial score (nSPS) is 18.5. The van der Waals surface area contributed by atoms with Crippen molar-refractivity contribution in [3.8, 4) is 0 Å². The summed E-state index contributed by atoms with van der Waals surface area (Å²) in [4.78, 5) is 2.12. The average molecular weight is 258 g/mol. The Morgan fingerprint density at radius 3 is 2.58 bits per heavy atom. The minimum atomic E-state index is 0.432. The Labute approximate surface area is 115 Å². The van der Waals surface area contributed by atoms with Crippen molar-refractivity contribution in [3.63, 3.8) is 0 Å². The third-order valence-corrected chi connectivity index (χ3v) is 3.24. The zero-order chi connectivity index (χ0) is 13.7. The molecule has 2 N–H and O–H groups in total. The quantitative estimate of drug-likeness (QED) is 0.825. The van der Waals surface area contributed by atoms with Gasteiger partial charge < -0.3 is 15.4 Å². The van der Waals surface area contributed by atoms with Crippen molar-refractivity contribution in [2.45, 2.75) is 12.3 Å². The lowest BCUT2D eigenvalue weighted by Crippen LogP contribution is -2.18. The lowest BCUT2D eigenvalue weighted by molar-refractivity contribution is 0.191. The van der Waals surface area contributed by atoms with Crippen molar-refractivity contribution in [1.29, 1.82) is 0 Å². The molecule has 0 saturated heterocycles. The maximum atomic E-state index is 5.71. The van der Waals surface area contributed by atoms with Crippen molar-refractivity contribution in [2.75, 3.05) is 33.0 Å². The molecule has 1 aliphatic carbocycles. The van der Waals surface area contributed by atoms with Crippen LogP contribution in [0.5, 0.6) is 0 Å². The minimum Gasteiger partial charge on any atom is -0.493 e. The summed E-state index contributed by atoms with van der Waals surface area (Å²) in [5.74, 6) is 1.41. The van der Waals surface area contributed by atoms with E-state index >= 15 is 0 Å². The molecular formula is C16H22N2O. The van der Waals surface area contributed by atoms with E-state index in [1.165, 1.54) is 5.56 Å². The maximum absolute atomic E-state index is 5.71. The topological polar surface area (TPSA) is 38.5 Å². The molecule has 0 saturated carbocycles. The van der Waals surface area contributed by atoms with Crippen LogP contribution in [0.2, 0.25) is 0 Å². The van der Waals surface area contributed by atoms with Gasteiger partial charge in [-0.25, -0.2) is 0 Å². The van der Waals surface area contributed by atoms with Gasteiger partial charge in [0.25, 0.3) is 0 Å². The third-order valence-electron chi connectivity index (χ3n) is 3.24. The molecule has 0 radical (unpaired) electrons. The molecule has 1 aliphatic rings. The molecule has 3 heteroatoms. The van der Waals surface area contributed by atoms with Gasteiger partial charge in [-0.05, 0) is 50.4 Å². The van der Waals surface area contributed by atoms with E-state index in [1.807, 2.05) is 26.2 Å². The number of anilines is 1. The molecule has 0 aliphatic heterocycles. The van der Waals surface area contributed by atoms with Gasteiger partial charge in [0.05, 0.1) is 0 Å². The summed E-state index contributed by atoms with van der Waals surface area (Å²) in [5, 5.41) is 0. The Morgan fingerprint density at radius 1 is 1.26 bits per heavy atom. The fraction of sp³-hybridized carbons (Fsp3) is 0.375. The van der Waals surface area contributed by atoms with Crippen LogP contribution >= 0.6 is 0 Å². The number of benzene rings is 1. The number of rotatable bonds is 5. The summed E-state index contributed by atoms with van der Waals surface area (Å²) in [6.07, 6.45) is 7.42. The van der Waals surface area contributed by atoms with Gasteiger partial charge in [-0.2, -0.15) is 0 Å². The highest BCUT2D eigenvalue weighted by Crippen LogP contribution is 2.27. The second-order valence-electron chi connectivity index (χ2n) is 5.13. The number of hydrogen-bond acceptors (Lipinski definition) is 3. The van der Waals surface area contributed by atoms with Crippen LogP contribution in [0.25, 0.3) is 0 Å². The lowest BCUT2D eigenvalue weighted by atomic mass is 9.92. The van der Waals surface area contributed by atoms with Crippen molar-refractivity contribution in [1.82, 2.24) is 4.90 Å². The van der Waals surface area contributed by atoms with Gasteiger partial charge in [0.2, 0.25) is 0 Å². The molecule has 19 heavy (non-hydrogen) atoms. The maximum Gasteiger partial charge on any atom is 0.115 e. The van der Waals surface area contributed by atoms with Gasteiger partial charge in [-0.3, -0.25) is 0 Å². The van der Waals surface area contributed by atoms with Crippen LogP contribution in [0.1, 0.15) is 17.9 Å². The number of likely N-dealkylation sites (N-methyl/N-ethyl adjacent to an activating group) is 1. The molecule has 0 amide bonds. The Hall–Kier alpha value is -1.74. The second-order valence-corrected chi connectivity index (χ2v) is 5.13. The smallest absolute Gasteiger partial charge is 0.115 e. The first-order valence-electron chi connectivity index (χ1n) is 6.66. The zero-order valence-corrected chi connectivity index (χ0v) is 11.7. The van der Waals surface area contributed by atoms with Gasteiger partial charge in [0, 0.05) is 18.2 Å². The largest absolute Gasteiger partial charge is 0.493 e. The van der Waals surface area contributed by atoms with E-state index in [0.717, 1.165) is 31.0 Å². The highest BCUT2D eigenvalue weighted by atomic mass is 16.5. The number of allylic oxidation sites excluding steroid dienone is 3. The molecule has 0 spiro atoms. The molecule has 0 heterocycles. The summed E-state index contributed by atoms with van der Waals surface area (Å²) < 4.78 is 5.71. The molecule has 1 atom stereocenters. The van der Waals surface area contributed by atoms with Crippen LogP contribution in [-0.4, -0.2) is 32.1 Å². The van der Waals surface area contributed by atoms with E-state index < -0.39 is 0 Å². The van der Waals surface area contributed by atoms with Crippen LogP contribution in [0.15, 0.2) is 48.3 Å². The summed E-state index contributed by atoms with van der Waals surface area (Å²) in [5.41, 5.74) is 7.82. The molecule has 102 valence electrons. The first-order chi connectivity index (χ1) is 9.15. The van der Waals surface area contributed by atoms with Gasteiger partial charge in [0.15, 0.2) is 0 Å². The number of hydrogen-bond donors (Lipinski definition) is 1. The second kappa shape index (κ2) is 6.43. The Kier molecular flexibility index (Phi) is 4.63. The average Bonchev–Trinajstić information content (AvgIpc) is 2.40. The van der Waals surface area contributed by atoms with Crippen LogP contribution in [0, 0.1) is 0 Å². The van der Waals surface area contributed by atoms with Crippen molar-refractivity contribution < 1.29 is 4.74 Å². The van der Waals surface area contributed by atoms with Crippen LogP contribution in [0.3, 0.4) is 0 Å². The standard InChI is InChI=1S/C16H22N2O/c1-18(2)11-12-19-16-9-5-14(6-10-16)13-3-7-15(17)8-4-13/h3-5,7-10,14H,6,11-12,17H2,1-2H3. The summed E-state index contributed by atoms with van der Waals surface area (Å²) >= 11 is 0. The van der Waals surface area contributed by atoms with E-state index in [-0.39, 0.29) is 0 Å². The SMILES string of the molecule is CN(C)CCOC1=CCC(c2ccc(N)cc2)C=C1. The number of nitrogens with zero attached hydrogens (tertiary/aromatic N) is 1. The van der Waals surface area contributed by atoms with E-state index in [9.17, 15) is 0 Å². The molecule has 1 aromatic rings. The summed E-state index contributed by atoms with van der Waals surface area (Å²) in [7, 11) is 4.09. The number of nitrogens with two attached hydrogens (primary N) is 1. The van der Waals surface area contributed by atoms with Crippen molar-refractivity contribution in [3.05, 3.63) is 53.8 Å². The van der Waals surface area contributed by atoms with Gasteiger partial charge in [-0.15, -0.1) is 0 Å². The Morgan fingerprint density at radius 2 is 2.00 bits per heavy atom. The Bertz CT molecular complexity index is 460. The van der Waals surface area contributed by atoms with Crippen LogP contribution in [-0.2, 0) is 4.74 Å². The molecule has 0 fully saturated rings. The van der Waals surface area contributed by atoms with E-state index in [4.69, 9.17) is 10.5 Å². The number of ether oxygens (including phenoxy) is 1. The highest BCUT2D eigenvalue weighted by molar-refractivity contribution is 5.42. The molecule has 2 rings (SSSR count). The van der Waals surface area contributed by atoms with Crippen molar-refractivity contribution >= 4 is 5.69 Å². The minimum absolute atomic E-state index is 0.432. The predicted octanol–water partition coefficient (Wildman–Crippen LogP) is 2.77. The first kappa shape index (κ1) is 13.7. The van der Waals surface area contributed by atoms with Gasteiger partial charge in [0.1, 0.15) is 12.4 Å². The molecule has 1 aromatic carbocycles. The molecule has 0 aromatic heterocycles. The number of nitrogen functional groups attached to an aromatic ring is 1. The summed E-state index contributed by atoms with van der Waals surface area (Å²) in [6.45, 7) is 1.67. The van der Waals surface area contributed by atoms with Gasteiger partial charge >= 0.3 is 0 Å². The lowest BCUT2D eigenvalue weighted by Gasteiger charge is -2.18. The fourth-order valence-corrected chi connectivity index (χ4v) is 2.04. The van der Waals surface area contributed by atoms with E-state index in [2.05, 4.69) is 35.3 Å². The molecule has 1 unspecified atom stereocenters. The molecular weight excluding hydrogens is 236 g/mol. The first-order valence-corrected chi connectivity index (χ1v) is 6.66.